The molecule has 7 nitrogen and oxygen atoms in total. The zero-order valence-corrected chi connectivity index (χ0v) is 11.6. The highest BCUT2D eigenvalue weighted by Gasteiger charge is 2.34. The lowest BCUT2D eigenvalue weighted by Gasteiger charge is -2.35. The lowest BCUT2D eigenvalue weighted by molar-refractivity contribution is 0.178. The van der Waals surface area contributed by atoms with Gasteiger partial charge in [-0.25, -0.2) is 18.4 Å². The first-order valence-electron chi connectivity index (χ1n) is 6.22. The molecule has 0 bridgehead atoms. The first-order chi connectivity index (χ1) is 9.09. The van der Waals surface area contributed by atoms with E-state index in [9.17, 15) is 8.42 Å². The van der Waals surface area contributed by atoms with Crippen LogP contribution in [0, 0.1) is 0 Å². The van der Waals surface area contributed by atoms with Gasteiger partial charge in [-0.2, -0.15) is 4.31 Å². The second kappa shape index (κ2) is 5.81. The molecule has 0 radical (unpaired) electrons. The third-order valence-electron chi connectivity index (χ3n) is 3.26. The number of nitrogens with zero attached hydrogens (tertiary/aromatic N) is 3. The van der Waals surface area contributed by atoms with Crippen LogP contribution in [0.25, 0.3) is 0 Å². The molecular formula is C11H18N4O3S. The van der Waals surface area contributed by atoms with Crippen molar-refractivity contribution in [3.05, 3.63) is 12.4 Å². The van der Waals surface area contributed by atoms with Crippen molar-refractivity contribution in [1.82, 2.24) is 14.3 Å². The van der Waals surface area contributed by atoms with Gasteiger partial charge >= 0.3 is 0 Å². The fraction of sp³-hybridized carbons (Fsp3) is 0.636. The maximum atomic E-state index is 12.5. The molecule has 106 valence electrons. The summed E-state index contributed by atoms with van der Waals surface area (Å²) in [6.07, 6.45) is 5.29. The van der Waals surface area contributed by atoms with Gasteiger partial charge in [-0.1, -0.05) is 6.42 Å². The minimum Gasteiger partial charge on any atom is -0.395 e. The van der Waals surface area contributed by atoms with Gasteiger partial charge < -0.3 is 10.4 Å². The lowest BCUT2D eigenvalue weighted by atomic mass is 9.93. The van der Waals surface area contributed by atoms with Gasteiger partial charge in [-0.05, 0) is 12.8 Å². The van der Waals surface area contributed by atoms with Crippen LogP contribution in [0.15, 0.2) is 17.3 Å². The molecule has 1 aliphatic carbocycles. The molecule has 1 fully saturated rings. The number of aromatic nitrogens is 2. The molecule has 1 aromatic heterocycles. The van der Waals surface area contributed by atoms with Crippen LogP contribution in [-0.2, 0) is 10.0 Å². The Kier molecular flexibility index (Phi) is 4.33. The predicted molar refractivity (Wildman–Crippen MR) is 70.2 cm³/mol. The highest BCUT2D eigenvalue weighted by molar-refractivity contribution is 7.89. The van der Waals surface area contributed by atoms with Gasteiger partial charge in [-0.15, -0.1) is 0 Å². The summed E-state index contributed by atoms with van der Waals surface area (Å²) in [7, 11) is -1.97. The number of sulfonamides is 1. The van der Waals surface area contributed by atoms with Gasteiger partial charge in [-0.3, -0.25) is 0 Å². The van der Waals surface area contributed by atoms with Crippen LogP contribution in [-0.4, -0.2) is 54.0 Å². The largest absolute Gasteiger partial charge is 0.395 e. The van der Waals surface area contributed by atoms with E-state index in [1.807, 2.05) is 0 Å². The third kappa shape index (κ3) is 2.85. The van der Waals surface area contributed by atoms with E-state index in [0.29, 0.717) is 5.95 Å². The third-order valence-corrected chi connectivity index (χ3v) is 5.17. The molecule has 2 rings (SSSR count). The van der Waals surface area contributed by atoms with E-state index in [-0.39, 0.29) is 24.1 Å². The van der Waals surface area contributed by atoms with Gasteiger partial charge in [0.15, 0.2) is 0 Å². The minimum absolute atomic E-state index is 0.0128. The summed E-state index contributed by atoms with van der Waals surface area (Å²) in [6.45, 7) is -0.0774. The molecule has 0 aliphatic heterocycles. The molecular weight excluding hydrogens is 268 g/mol. The molecule has 1 saturated carbocycles. The maximum absolute atomic E-state index is 12.5. The van der Waals surface area contributed by atoms with E-state index in [1.165, 1.54) is 16.7 Å². The van der Waals surface area contributed by atoms with E-state index in [1.54, 1.807) is 7.05 Å². The molecule has 0 amide bonds. The average Bonchev–Trinajstić information content (AvgIpc) is 2.36. The Balaban J connectivity index is 2.26. The van der Waals surface area contributed by atoms with Crippen LogP contribution < -0.4 is 5.32 Å². The number of nitrogens with one attached hydrogen (secondary N) is 1. The smallest absolute Gasteiger partial charge is 0.246 e. The molecule has 2 N–H and O–H groups in total. The van der Waals surface area contributed by atoms with Crippen molar-refractivity contribution in [1.29, 1.82) is 0 Å². The molecule has 1 aromatic rings. The van der Waals surface area contributed by atoms with E-state index in [4.69, 9.17) is 5.11 Å². The molecule has 0 unspecified atom stereocenters. The zero-order valence-electron chi connectivity index (χ0n) is 10.8. The van der Waals surface area contributed by atoms with Gasteiger partial charge in [0.1, 0.15) is 4.90 Å². The van der Waals surface area contributed by atoms with E-state index < -0.39 is 10.0 Å². The van der Waals surface area contributed by atoms with Crippen LogP contribution in [0.4, 0.5) is 5.95 Å². The number of hydrogen-bond donors (Lipinski definition) is 2. The van der Waals surface area contributed by atoms with Gasteiger partial charge in [0.25, 0.3) is 0 Å². The standard InChI is InChI=1S/C11H18N4O3S/c1-12-11-13-7-10(8-14-11)19(17,18)15(5-6-16)9-3-2-4-9/h7-9,16H,2-6H2,1H3,(H,12,13,14). The Bertz CT molecular complexity index is 513. The first kappa shape index (κ1) is 14.2. The number of aliphatic hydroxyl groups excluding tert-OH is 1. The molecule has 0 atom stereocenters. The Morgan fingerprint density at radius 2 is 2.05 bits per heavy atom. The van der Waals surface area contributed by atoms with E-state index in [2.05, 4.69) is 15.3 Å². The van der Waals surface area contributed by atoms with Gasteiger partial charge in [0, 0.05) is 19.6 Å². The number of aliphatic hydroxyl groups is 1. The Morgan fingerprint density at radius 1 is 1.42 bits per heavy atom. The fourth-order valence-corrected chi connectivity index (χ4v) is 3.55. The second-order valence-corrected chi connectivity index (χ2v) is 6.31. The van der Waals surface area contributed by atoms with Crippen LogP contribution in [0.5, 0.6) is 0 Å². The Labute approximate surface area is 112 Å². The highest BCUT2D eigenvalue weighted by Crippen LogP contribution is 2.29. The van der Waals surface area contributed by atoms with Crippen molar-refractivity contribution in [2.75, 3.05) is 25.5 Å². The monoisotopic (exact) mass is 286 g/mol. The fourth-order valence-electron chi connectivity index (χ4n) is 1.99. The summed E-state index contributed by atoms with van der Waals surface area (Å²) in [4.78, 5) is 7.90. The van der Waals surface area contributed by atoms with Crippen molar-refractivity contribution >= 4 is 16.0 Å². The SMILES string of the molecule is CNc1ncc(S(=O)(=O)N(CCO)C2CCC2)cn1. The topological polar surface area (TPSA) is 95.4 Å². The Hall–Kier alpha value is -1.25. The highest BCUT2D eigenvalue weighted by atomic mass is 32.2. The van der Waals surface area contributed by atoms with E-state index >= 15 is 0 Å². The van der Waals surface area contributed by atoms with Crippen LogP contribution in [0.3, 0.4) is 0 Å². The zero-order chi connectivity index (χ0) is 13.9. The van der Waals surface area contributed by atoms with Crippen molar-refractivity contribution < 1.29 is 13.5 Å². The van der Waals surface area contributed by atoms with Crippen molar-refractivity contribution in [3.8, 4) is 0 Å². The quantitative estimate of drug-likeness (QED) is 0.767. The second-order valence-electron chi connectivity index (χ2n) is 4.42. The average molecular weight is 286 g/mol. The molecule has 8 heteroatoms. The normalized spacial score (nSPS) is 16.4. The van der Waals surface area contributed by atoms with Crippen LogP contribution >= 0.6 is 0 Å². The number of hydrogen-bond acceptors (Lipinski definition) is 6. The van der Waals surface area contributed by atoms with Crippen molar-refractivity contribution in [2.45, 2.75) is 30.2 Å². The molecule has 1 heterocycles. The van der Waals surface area contributed by atoms with Crippen molar-refractivity contribution in [3.63, 3.8) is 0 Å². The molecule has 0 spiro atoms. The molecule has 19 heavy (non-hydrogen) atoms. The van der Waals surface area contributed by atoms with Gasteiger partial charge in [0.2, 0.25) is 16.0 Å². The number of anilines is 1. The Morgan fingerprint density at radius 3 is 2.47 bits per heavy atom. The molecule has 1 aliphatic rings. The summed E-state index contributed by atoms with van der Waals surface area (Å²) in [5, 5.41) is 11.8. The summed E-state index contributed by atoms with van der Waals surface area (Å²) < 4.78 is 26.3. The summed E-state index contributed by atoms with van der Waals surface area (Å²) in [5.41, 5.74) is 0. The van der Waals surface area contributed by atoms with Crippen molar-refractivity contribution in [2.24, 2.45) is 0 Å². The predicted octanol–water partition coefficient (Wildman–Crippen LogP) is 0.0538. The number of rotatable bonds is 6. The van der Waals surface area contributed by atoms with Crippen LogP contribution in [0.1, 0.15) is 19.3 Å². The van der Waals surface area contributed by atoms with Gasteiger partial charge in [0.05, 0.1) is 19.0 Å². The molecule has 0 aromatic carbocycles. The summed E-state index contributed by atoms with van der Waals surface area (Å²) in [6, 6.07) is -0.0128. The maximum Gasteiger partial charge on any atom is 0.246 e. The van der Waals surface area contributed by atoms with E-state index in [0.717, 1.165) is 19.3 Å². The summed E-state index contributed by atoms with van der Waals surface area (Å²) in [5.74, 6) is 0.372. The van der Waals surface area contributed by atoms with Crippen LogP contribution in [0.2, 0.25) is 0 Å². The summed E-state index contributed by atoms with van der Waals surface area (Å²) >= 11 is 0. The first-order valence-corrected chi connectivity index (χ1v) is 7.66. The molecule has 0 saturated heterocycles. The lowest BCUT2D eigenvalue weighted by Crippen LogP contribution is -2.45. The minimum atomic E-state index is -3.63.